The molecule has 1 fully saturated rings. The van der Waals surface area contributed by atoms with Crippen LogP contribution in [0.5, 0.6) is 0 Å². The normalized spacial score (nSPS) is 19.4. The minimum atomic E-state index is -0.839. The zero-order valence-electron chi connectivity index (χ0n) is 11.5. The summed E-state index contributed by atoms with van der Waals surface area (Å²) in [6, 6.07) is 5.77. The van der Waals surface area contributed by atoms with Gasteiger partial charge >= 0.3 is 0 Å². The Morgan fingerprint density at radius 3 is 2.63 bits per heavy atom. The zero-order chi connectivity index (χ0) is 13.9. The van der Waals surface area contributed by atoms with Crippen molar-refractivity contribution in [2.24, 2.45) is 5.41 Å². The fraction of sp³-hybridized carbons (Fsp3) is 0.600. The maximum Gasteiger partial charge on any atom is 0.241 e. The number of nitrogens with zero attached hydrogens (tertiary/aromatic N) is 1. The first-order valence-electron chi connectivity index (χ1n) is 6.86. The molecule has 0 bridgehead atoms. The topological polar surface area (TPSA) is 66.0 Å². The van der Waals surface area contributed by atoms with Crippen LogP contribution in [0.15, 0.2) is 16.5 Å². The van der Waals surface area contributed by atoms with E-state index < -0.39 is 5.41 Å². The van der Waals surface area contributed by atoms with E-state index in [1.807, 2.05) is 26.0 Å². The van der Waals surface area contributed by atoms with Crippen molar-refractivity contribution in [2.45, 2.75) is 52.0 Å². The highest BCUT2D eigenvalue weighted by Crippen LogP contribution is 2.36. The monoisotopic (exact) mass is 260 g/mol. The van der Waals surface area contributed by atoms with E-state index in [0.29, 0.717) is 12.8 Å². The Bertz CT molecular complexity index is 492. The van der Waals surface area contributed by atoms with Gasteiger partial charge in [-0.05, 0) is 38.8 Å². The number of amides is 1. The van der Waals surface area contributed by atoms with Crippen molar-refractivity contribution in [3.63, 3.8) is 0 Å². The van der Waals surface area contributed by atoms with E-state index >= 15 is 0 Å². The molecule has 1 atom stereocenters. The Morgan fingerprint density at radius 1 is 1.42 bits per heavy atom. The smallest absolute Gasteiger partial charge is 0.241 e. The van der Waals surface area contributed by atoms with E-state index in [0.717, 1.165) is 30.8 Å². The summed E-state index contributed by atoms with van der Waals surface area (Å²) in [5.41, 5.74) is -0.839. The molecule has 1 amide bonds. The highest BCUT2D eigenvalue weighted by molar-refractivity contribution is 5.85. The molecule has 2 rings (SSSR count). The molecule has 0 aliphatic heterocycles. The maximum atomic E-state index is 12.4. The molecule has 0 saturated heterocycles. The molecule has 0 aromatic carbocycles. The van der Waals surface area contributed by atoms with Crippen LogP contribution in [0.1, 0.15) is 56.6 Å². The predicted octanol–water partition coefficient (Wildman–Crippen LogP) is 3.24. The summed E-state index contributed by atoms with van der Waals surface area (Å²) >= 11 is 0. The Balaban J connectivity index is 2.05. The van der Waals surface area contributed by atoms with Crippen LogP contribution < -0.4 is 5.32 Å². The summed E-state index contributed by atoms with van der Waals surface area (Å²) in [5.74, 6) is 1.40. The van der Waals surface area contributed by atoms with Crippen molar-refractivity contribution in [3.8, 4) is 6.07 Å². The van der Waals surface area contributed by atoms with Gasteiger partial charge in [-0.1, -0.05) is 19.3 Å². The van der Waals surface area contributed by atoms with Crippen LogP contribution in [0, 0.1) is 23.7 Å². The van der Waals surface area contributed by atoms with Crippen LogP contribution >= 0.6 is 0 Å². The second-order valence-electron chi connectivity index (χ2n) is 5.40. The number of hydrogen-bond acceptors (Lipinski definition) is 3. The van der Waals surface area contributed by atoms with E-state index in [2.05, 4.69) is 11.4 Å². The predicted molar refractivity (Wildman–Crippen MR) is 71.1 cm³/mol. The summed E-state index contributed by atoms with van der Waals surface area (Å²) in [5, 5.41) is 12.3. The summed E-state index contributed by atoms with van der Waals surface area (Å²) in [6.45, 7) is 3.75. The maximum absolute atomic E-state index is 12.4. The second-order valence-corrected chi connectivity index (χ2v) is 5.40. The molecule has 1 aliphatic rings. The molecule has 1 aromatic rings. The average Bonchev–Trinajstić information content (AvgIpc) is 2.86. The Hall–Kier alpha value is -1.76. The molecule has 1 aromatic heterocycles. The van der Waals surface area contributed by atoms with E-state index in [1.54, 1.807) is 0 Å². The van der Waals surface area contributed by atoms with Crippen molar-refractivity contribution in [1.29, 1.82) is 5.26 Å². The fourth-order valence-corrected chi connectivity index (χ4v) is 2.64. The molecular formula is C15H20N2O2. The molecule has 102 valence electrons. The Kier molecular flexibility index (Phi) is 3.94. The average molecular weight is 260 g/mol. The quantitative estimate of drug-likeness (QED) is 0.907. The van der Waals surface area contributed by atoms with Crippen LogP contribution in [-0.4, -0.2) is 5.91 Å². The third-order valence-electron chi connectivity index (χ3n) is 3.89. The summed E-state index contributed by atoms with van der Waals surface area (Å²) < 4.78 is 5.50. The number of carbonyl (C=O) groups is 1. The van der Waals surface area contributed by atoms with Gasteiger partial charge in [0.1, 0.15) is 16.9 Å². The van der Waals surface area contributed by atoms with E-state index in [-0.39, 0.29) is 11.9 Å². The van der Waals surface area contributed by atoms with Gasteiger partial charge in [-0.2, -0.15) is 5.26 Å². The van der Waals surface area contributed by atoms with Crippen molar-refractivity contribution >= 4 is 5.91 Å². The number of carbonyl (C=O) groups excluding carboxylic acids is 1. The van der Waals surface area contributed by atoms with Crippen molar-refractivity contribution in [2.75, 3.05) is 0 Å². The molecule has 4 heteroatoms. The lowest BCUT2D eigenvalue weighted by Crippen LogP contribution is -2.42. The van der Waals surface area contributed by atoms with Gasteiger partial charge in [0.15, 0.2) is 0 Å². The van der Waals surface area contributed by atoms with E-state index in [9.17, 15) is 10.1 Å². The SMILES string of the molecule is Cc1ccc(C(C)NC(=O)C2(C#N)CCCCC2)o1. The van der Waals surface area contributed by atoms with Gasteiger partial charge in [0.2, 0.25) is 5.91 Å². The number of hydrogen-bond donors (Lipinski definition) is 1. The molecule has 0 radical (unpaired) electrons. The third kappa shape index (κ3) is 2.81. The Labute approximate surface area is 113 Å². The number of furan rings is 1. The summed E-state index contributed by atoms with van der Waals surface area (Å²) in [7, 11) is 0. The third-order valence-corrected chi connectivity index (χ3v) is 3.89. The van der Waals surface area contributed by atoms with Gasteiger partial charge in [-0.3, -0.25) is 4.79 Å². The van der Waals surface area contributed by atoms with Gasteiger partial charge in [0, 0.05) is 0 Å². The van der Waals surface area contributed by atoms with Gasteiger partial charge < -0.3 is 9.73 Å². The minimum absolute atomic E-state index is 0.156. The van der Waals surface area contributed by atoms with Gasteiger partial charge in [0.25, 0.3) is 0 Å². The lowest BCUT2D eigenvalue weighted by Gasteiger charge is -2.30. The second kappa shape index (κ2) is 5.48. The molecule has 1 saturated carbocycles. The first-order valence-corrected chi connectivity index (χ1v) is 6.86. The molecule has 1 N–H and O–H groups in total. The van der Waals surface area contributed by atoms with Crippen molar-refractivity contribution < 1.29 is 9.21 Å². The summed E-state index contributed by atoms with van der Waals surface area (Å²) in [4.78, 5) is 12.4. The molecule has 1 unspecified atom stereocenters. The van der Waals surface area contributed by atoms with Crippen molar-refractivity contribution in [1.82, 2.24) is 5.32 Å². The number of aryl methyl sites for hydroxylation is 1. The molecule has 0 spiro atoms. The molecule has 19 heavy (non-hydrogen) atoms. The van der Waals surface area contributed by atoms with Crippen molar-refractivity contribution in [3.05, 3.63) is 23.7 Å². The lowest BCUT2D eigenvalue weighted by atomic mass is 9.74. The fourth-order valence-electron chi connectivity index (χ4n) is 2.64. The molecule has 1 heterocycles. The van der Waals surface area contributed by atoms with E-state index in [1.165, 1.54) is 0 Å². The molecule has 1 aliphatic carbocycles. The molecular weight excluding hydrogens is 240 g/mol. The first kappa shape index (κ1) is 13.7. The highest BCUT2D eigenvalue weighted by Gasteiger charge is 2.40. The van der Waals surface area contributed by atoms with Crippen LogP contribution in [0.3, 0.4) is 0 Å². The Morgan fingerprint density at radius 2 is 2.11 bits per heavy atom. The van der Waals surface area contributed by atoms with Crippen LogP contribution in [0.2, 0.25) is 0 Å². The van der Waals surface area contributed by atoms with Crippen LogP contribution in [0.25, 0.3) is 0 Å². The number of nitriles is 1. The zero-order valence-corrected chi connectivity index (χ0v) is 11.5. The minimum Gasteiger partial charge on any atom is -0.464 e. The summed E-state index contributed by atoms with van der Waals surface area (Å²) in [6.07, 6.45) is 4.35. The number of nitrogens with one attached hydrogen (secondary N) is 1. The molecule has 4 nitrogen and oxygen atoms in total. The largest absolute Gasteiger partial charge is 0.464 e. The van der Waals surface area contributed by atoms with Gasteiger partial charge in [-0.25, -0.2) is 0 Å². The van der Waals surface area contributed by atoms with Gasteiger partial charge in [-0.15, -0.1) is 0 Å². The van der Waals surface area contributed by atoms with Gasteiger partial charge in [0.05, 0.1) is 12.1 Å². The lowest BCUT2D eigenvalue weighted by molar-refractivity contribution is -0.130. The first-order chi connectivity index (χ1) is 9.07. The highest BCUT2D eigenvalue weighted by atomic mass is 16.3. The number of rotatable bonds is 3. The van der Waals surface area contributed by atoms with Crippen LogP contribution in [-0.2, 0) is 4.79 Å². The van der Waals surface area contributed by atoms with Crippen LogP contribution in [0.4, 0.5) is 0 Å². The van der Waals surface area contributed by atoms with E-state index in [4.69, 9.17) is 4.42 Å². The standard InChI is InChI=1S/C15H20N2O2/c1-11-6-7-13(19-11)12(2)17-14(18)15(10-16)8-4-3-5-9-15/h6-7,12H,3-5,8-9H2,1-2H3,(H,17,18).